The fraction of sp³-hybridized carbons (Fsp3) is 0.440. The number of benzene rings is 2. The van der Waals surface area contributed by atoms with Gasteiger partial charge >= 0.3 is 5.97 Å². The third kappa shape index (κ3) is 5.28. The van der Waals surface area contributed by atoms with Crippen molar-refractivity contribution in [2.24, 2.45) is 11.8 Å². The van der Waals surface area contributed by atoms with E-state index in [1.54, 1.807) is 7.11 Å². The summed E-state index contributed by atoms with van der Waals surface area (Å²) >= 11 is 5.99. The van der Waals surface area contributed by atoms with E-state index < -0.39 is 11.5 Å². The van der Waals surface area contributed by atoms with Crippen molar-refractivity contribution in [2.45, 2.75) is 45.1 Å². The maximum atomic E-state index is 13.0. The van der Waals surface area contributed by atoms with E-state index in [1.807, 2.05) is 56.3 Å². The summed E-state index contributed by atoms with van der Waals surface area (Å²) in [4.78, 5) is 25.2. The number of hydrogen-bond acceptors (Lipinski definition) is 3. The van der Waals surface area contributed by atoms with Gasteiger partial charge in [-0.25, -0.2) is 4.79 Å². The molecule has 0 spiro atoms. The van der Waals surface area contributed by atoms with Crippen LogP contribution in [0.15, 0.2) is 42.5 Å². The highest BCUT2D eigenvalue weighted by molar-refractivity contribution is 6.30. The number of ether oxygens (including phenoxy) is 1. The molecule has 2 aromatic carbocycles. The third-order valence-corrected chi connectivity index (χ3v) is 6.75. The van der Waals surface area contributed by atoms with Gasteiger partial charge in [0, 0.05) is 18.7 Å². The summed E-state index contributed by atoms with van der Waals surface area (Å²) in [5, 5.41) is 13.6. The lowest BCUT2D eigenvalue weighted by atomic mass is 9.69. The Balaban J connectivity index is 1.77. The van der Waals surface area contributed by atoms with Crippen LogP contribution in [-0.4, -0.2) is 36.2 Å². The summed E-state index contributed by atoms with van der Waals surface area (Å²) in [6.07, 6.45) is 1.98. The first kappa shape index (κ1) is 23.3. The second kappa shape index (κ2) is 9.84. The number of amides is 1. The predicted molar refractivity (Wildman–Crippen MR) is 122 cm³/mol. The maximum absolute atomic E-state index is 13.0. The van der Waals surface area contributed by atoms with Crippen LogP contribution in [0.2, 0.25) is 5.02 Å². The zero-order valence-electron chi connectivity index (χ0n) is 18.3. The number of carboxylic acids is 1. The number of methoxy groups -OCH3 is 1. The Morgan fingerprint density at radius 1 is 1.19 bits per heavy atom. The minimum absolute atomic E-state index is 0.135. The topological polar surface area (TPSA) is 75.6 Å². The van der Waals surface area contributed by atoms with Gasteiger partial charge in [0.05, 0.1) is 6.42 Å². The molecule has 1 unspecified atom stereocenters. The van der Waals surface area contributed by atoms with Gasteiger partial charge in [-0.2, -0.15) is 0 Å². The lowest BCUT2D eigenvalue weighted by molar-refractivity contribution is -0.153. The molecule has 0 radical (unpaired) electrons. The minimum Gasteiger partial charge on any atom is -0.479 e. The van der Waals surface area contributed by atoms with E-state index in [4.69, 9.17) is 16.3 Å². The Morgan fingerprint density at radius 3 is 2.48 bits per heavy atom. The van der Waals surface area contributed by atoms with Crippen LogP contribution in [-0.2, 0) is 20.7 Å². The van der Waals surface area contributed by atoms with E-state index in [0.29, 0.717) is 30.4 Å². The van der Waals surface area contributed by atoms with Crippen molar-refractivity contribution in [2.75, 3.05) is 13.7 Å². The number of hydrogen-bond donors (Lipinski definition) is 2. The van der Waals surface area contributed by atoms with Gasteiger partial charge in [-0.15, -0.1) is 0 Å². The van der Waals surface area contributed by atoms with Crippen LogP contribution in [0.25, 0.3) is 11.1 Å². The Labute approximate surface area is 188 Å². The minimum atomic E-state index is -1.23. The first-order chi connectivity index (χ1) is 14.7. The smallest absolute Gasteiger partial charge is 0.329 e. The quantitative estimate of drug-likeness (QED) is 0.639. The number of aliphatic carboxylic acids is 1. The van der Waals surface area contributed by atoms with Gasteiger partial charge in [0.15, 0.2) is 0 Å². The highest BCUT2D eigenvalue weighted by atomic mass is 35.5. The first-order valence-electron chi connectivity index (χ1n) is 10.6. The highest BCUT2D eigenvalue weighted by Gasteiger charge is 2.48. The normalized spacial score (nSPS) is 23.4. The van der Waals surface area contributed by atoms with E-state index >= 15 is 0 Å². The number of carbonyl (C=O) groups is 2. The molecule has 1 aliphatic rings. The van der Waals surface area contributed by atoms with E-state index in [2.05, 4.69) is 5.32 Å². The molecule has 0 aromatic heterocycles. The Hall–Kier alpha value is -2.37. The summed E-state index contributed by atoms with van der Waals surface area (Å²) in [5.74, 6) is -1.08. The van der Waals surface area contributed by atoms with Crippen LogP contribution in [0, 0.1) is 18.8 Å². The number of aryl methyl sites for hydroxylation is 1. The summed E-state index contributed by atoms with van der Waals surface area (Å²) < 4.78 is 5.24. The zero-order chi connectivity index (χ0) is 22.6. The number of rotatable bonds is 7. The van der Waals surface area contributed by atoms with Crippen molar-refractivity contribution >= 4 is 23.5 Å². The third-order valence-electron chi connectivity index (χ3n) is 6.50. The number of halogens is 1. The van der Waals surface area contributed by atoms with Crippen LogP contribution >= 0.6 is 11.6 Å². The van der Waals surface area contributed by atoms with Crippen LogP contribution in [0.3, 0.4) is 0 Å². The zero-order valence-corrected chi connectivity index (χ0v) is 19.0. The molecule has 0 bridgehead atoms. The molecule has 31 heavy (non-hydrogen) atoms. The van der Waals surface area contributed by atoms with Crippen LogP contribution < -0.4 is 5.32 Å². The van der Waals surface area contributed by atoms with Gasteiger partial charge in [0.2, 0.25) is 5.91 Å². The van der Waals surface area contributed by atoms with Gasteiger partial charge in [-0.3, -0.25) is 4.79 Å². The number of nitrogens with one attached hydrogen (secondary N) is 1. The molecule has 0 saturated heterocycles. The lowest BCUT2D eigenvalue weighted by Crippen LogP contribution is -2.61. The van der Waals surface area contributed by atoms with E-state index in [0.717, 1.165) is 28.7 Å². The molecule has 0 heterocycles. The molecule has 1 amide bonds. The van der Waals surface area contributed by atoms with Gasteiger partial charge in [0.25, 0.3) is 0 Å². The second-order valence-electron chi connectivity index (χ2n) is 8.65. The summed E-state index contributed by atoms with van der Waals surface area (Å²) in [5.41, 5.74) is 2.65. The molecule has 3 rings (SSSR count). The van der Waals surface area contributed by atoms with Crippen LogP contribution in [0.1, 0.15) is 37.3 Å². The molecule has 166 valence electrons. The molecule has 1 saturated carbocycles. The van der Waals surface area contributed by atoms with Crippen molar-refractivity contribution in [1.29, 1.82) is 0 Å². The molecule has 0 aliphatic heterocycles. The summed E-state index contributed by atoms with van der Waals surface area (Å²) in [7, 11) is 1.66. The van der Waals surface area contributed by atoms with Crippen molar-refractivity contribution < 1.29 is 19.4 Å². The van der Waals surface area contributed by atoms with Crippen molar-refractivity contribution in [3.8, 4) is 11.1 Å². The molecular formula is C25H30ClNO4. The first-order valence-corrected chi connectivity index (χ1v) is 11.0. The Morgan fingerprint density at radius 2 is 1.87 bits per heavy atom. The summed E-state index contributed by atoms with van der Waals surface area (Å²) in [6.45, 7) is 4.48. The van der Waals surface area contributed by atoms with Gasteiger partial charge in [-0.1, -0.05) is 48.9 Å². The standard InChI is InChI=1S/C25H30ClNO4/c1-16-4-5-20(19-6-8-22(26)9-7-19)13-21(16)14-23(28)27-25(24(29)30)11-10-18(15-31-3)12-17(25)2/h4-9,13,17-18H,10-12,14-15H2,1-3H3,(H,27,28)(H,29,30)/t17-,18-,25?/m0/s1. The molecular weight excluding hydrogens is 414 g/mol. The van der Waals surface area contributed by atoms with Crippen molar-refractivity contribution in [1.82, 2.24) is 5.32 Å². The van der Waals surface area contributed by atoms with E-state index in [9.17, 15) is 14.7 Å². The molecule has 2 N–H and O–H groups in total. The Bertz CT molecular complexity index is 943. The number of carboxylic acid groups (broad SMARTS) is 1. The second-order valence-corrected chi connectivity index (χ2v) is 9.08. The largest absolute Gasteiger partial charge is 0.479 e. The van der Waals surface area contributed by atoms with E-state index in [1.165, 1.54) is 0 Å². The molecule has 2 aromatic rings. The fourth-order valence-corrected chi connectivity index (χ4v) is 4.72. The molecule has 1 aliphatic carbocycles. The van der Waals surface area contributed by atoms with Crippen molar-refractivity contribution in [3.05, 3.63) is 58.6 Å². The number of carbonyl (C=O) groups excluding carboxylic acids is 1. The highest BCUT2D eigenvalue weighted by Crippen LogP contribution is 2.37. The van der Waals surface area contributed by atoms with Crippen LogP contribution in [0.5, 0.6) is 0 Å². The SMILES string of the molecule is COC[C@H]1CCC(NC(=O)Cc2cc(-c3ccc(Cl)cc3)ccc2C)(C(=O)O)[C@@H](C)C1. The lowest BCUT2D eigenvalue weighted by Gasteiger charge is -2.42. The maximum Gasteiger partial charge on any atom is 0.329 e. The van der Waals surface area contributed by atoms with Crippen molar-refractivity contribution in [3.63, 3.8) is 0 Å². The Kier molecular flexibility index (Phi) is 7.39. The fourth-order valence-electron chi connectivity index (χ4n) is 4.59. The summed E-state index contributed by atoms with van der Waals surface area (Å²) in [6, 6.07) is 13.5. The molecule has 6 heteroatoms. The average Bonchev–Trinajstić information content (AvgIpc) is 2.72. The molecule has 1 fully saturated rings. The molecule has 5 nitrogen and oxygen atoms in total. The van der Waals surface area contributed by atoms with E-state index in [-0.39, 0.29) is 18.2 Å². The van der Waals surface area contributed by atoms with Gasteiger partial charge < -0.3 is 15.2 Å². The molecule has 3 atom stereocenters. The van der Waals surface area contributed by atoms with Gasteiger partial charge in [0.1, 0.15) is 5.54 Å². The average molecular weight is 444 g/mol. The van der Waals surface area contributed by atoms with Crippen LogP contribution in [0.4, 0.5) is 0 Å². The monoisotopic (exact) mass is 443 g/mol. The van der Waals surface area contributed by atoms with Gasteiger partial charge in [-0.05, 0) is 72.4 Å². The predicted octanol–water partition coefficient (Wildman–Crippen LogP) is 4.88.